The van der Waals surface area contributed by atoms with Crippen molar-refractivity contribution in [3.63, 3.8) is 0 Å². The molecule has 0 saturated carbocycles. The van der Waals surface area contributed by atoms with E-state index in [2.05, 4.69) is 17.0 Å². The molecule has 5 nitrogen and oxygen atoms in total. The van der Waals surface area contributed by atoms with Crippen LogP contribution in [0.25, 0.3) is 0 Å². The second kappa shape index (κ2) is 7.89. The minimum absolute atomic E-state index is 0.0226. The maximum Gasteiger partial charge on any atom is 0.240 e. The molecule has 1 saturated heterocycles. The van der Waals surface area contributed by atoms with Crippen LogP contribution >= 0.6 is 0 Å². The number of nitrogens with one attached hydrogen (secondary N) is 2. The number of benzene rings is 1. The Kier molecular flexibility index (Phi) is 6.17. The zero-order valence-electron chi connectivity index (χ0n) is 12.5. The SMILES string of the molecule is CCCNCc1cccc(S(=O)(=O)NC2CCOCC2)c1. The third-order valence-corrected chi connectivity index (χ3v) is 5.03. The third kappa shape index (κ3) is 5.07. The van der Waals surface area contributed by atoms with Crippen LogP contribution in [0.15, 0.2) is 29.2 Å². The molecular weight excluding hydrogens is 288 g/mol. The Morgan fingerprint density at radius 2 is 2.05 bits per heavy atom. The van der Waals surface area contributed by atoms with Gasteiger partial charge in [-0.2, -0.15) is 0 Å². The van der Waals surface area contributed by atoms with Gasteiger partial charge in [0.15, 0.2) is 0 Å². The van der Waals surface area contributed by atoms with E-state index in [-0.39, 0.29) is 6.04 Å². The Labute approximate surface area is 127 Å². The highest BCUT2D eigenvalue weighted by Gasteiger charge is 2.22. The topological polar surface area (TPSA) is 67.4 Å². The van der Waals surface area contributed by atoms with Gasteiger partial charge in [0.05, 0.1) is 4.90 Å². The van der Waals surface area contributed by atoms with Crippen LogP contribution in [0.5, 0.6) is 0 Å². The summed E-state index contributed by atoms with van der Waals surface area (Å²) in [5.74, 6) is 0. The van der Waals surface area contributed by atoms with Crippen LogP contribution in [0, 0.1) is 0 Å². The molecule has 118 valence electrons. The standard InChI is InChI=1S/C15H24N2O3S/c1-2-8-16-12-13-4-3-5-15(11-13)21(18,19)17-14-6-9-20-10-7-14/h3-5,11,14,16-17H,2,6-10,12H2,1H3. The van der Waals surface area contributed by atoms with Crippen molar-refractivity contribution in [2.24, 2.45) is 0 Å². The maximum absolute atomic E-state index is 12.4. The number of rotatable bonds is 7. The quantitative estimate of drug-likeness (QED) is 0.751. The van der Waals surface area contributed by atoms with E-state index in [0.717, 1.165) is 31.4 Å². The van der Waals surface area contributed by atoms with E-state index in [9.17, 15) is 8.42 Å². The fraction of sp³-hybridized carbons (Fsp3) is 0.600. The van der Waals surface area contributed by atoms with Crippen LogP contribution in [0.3, 0.4) is 0 Å². The van der Waals surface area contributed by atoms with Gasteiger partial charge >= 0.3 is 0 Å². The minimum atomic E-state index is -3.45. The second-order valence-corrected chi connectivity index (χ2v) is 7.05. The number of ether oxygens (including phenoxy) is 1. The molecule has 0 amide bonds. The molecular formula is C15H24N2O3S. The molecule has 0 radical (unpaired) electrons. The first-order valence-electron chi connectivity index (χ1n) is 7.51. The van der Waals surface area contributed by atoms with Crippen LogP contribution in [0.2, 0.25) is 0 Å². The molecule has 1 fully saturated rings. The summed E-state index contributed by atoms with van der Waals surface area (Å²) in [5.41, 5.74) is 0.985. The molecule has 2 rings (SSSR count). The molecule has 2 N–H and O–H groups in total. The molecule has 0 spiro atoms. The molecule has 0 bridgehead atoms. The van der Waals surface area contributed by atoms with E-state index in [0.29, 0.717) is 24.7 Å². The molecule has 0 unspecified atom stereocenters. The first-order valence-corrected chi connectivity index (χ1v) is 9.00. The van der Waals surface area contributed by atoms with Gasteiger partial charge in [0, 0.05) is 25.8 Å². The fourth-order valence-electron chi connectivity index (χ4n) is 2.34. The van der Waals surface area contributed by atoms with Crippen molar-refractivity contribution in [3.8, 4) is 0 Å². The summed E-state index contributed by atoms with van der Waals surface area (Å²) < 4.78 is 32.8. The Bertz CT molecular complexity index is 540. The Morgan fingerprint density at radius 1 is 1.29 bits per heavy atom. The minimum Gasteiger partial charge on any atom is -0.381 e. The van der Waals surface area contributed by atoms with Gasteiger partial charge < -0.3 is 10.1 Å². The number of sulfonamides is 1. The summed E-state index contributed by atoms with van der Waals surface area (Å²) in [6.45, 7) is 4.96. The van der Waals surface area contributed by atoms with E-state index in [1.807, 2.05) is 6.07 Å². The van der Waals surface area contributed by atoms with Gasteiger partial charge in [0.1, 0.15) is 0 Å². The predicted molar refractivity (Wildman–Crippen MR) is 82.6 cm³/mol. The molecule has 21 heavy (non-hydrogen) atoms. The summed E-state index contributed by atoms with van der Waals surface area (Å²) >= 11 is 0. The van der Waals surface area contributed by atoms with Gasteiger partial charge in [-0.25, -0.2) is 13.1 Å². The average Bonchev–Trinajstić information content (AvgIpc) is 2.48. The molecule has 0 aliphatic carbocycles. The molecule has 1 aromatic carbocycles. The van der Waals surface area contributed by atoms with Crippen molar-refractivity contribution < 1.29 is 13.2 Å². The summed E-state index contributed by atoms with van der Waals surface area (Å²) in [7, 11) is -3.45. The van der Waals surface area contributed by atoms with Gasteiger partial charge in [-0.15, -0.1) is 0 Å². The summed E-state index contributed by atoms with van der Waals surface area (Å²) in [4.78, 5) is 0.338. The molecule has 1 aromatic rings. The summed E-state index contributed by atoms with van der Waals surface area (Å²) in [6, 6.07) is 7.10. The highest BCUT2D eigenvalue weighted by atomic mass is 32.2. The monoisotopic (exact) mass is 312 g/mol. The van der Waals surface area contributed by atoms with Crippen molar-refractivity contribution in [1.29, 1.82) is 0 Å². The van der Waals surface area contributed by atoms with E-state index in [4.69, 9.17) is 4.74 Å². The van der Waals surface area contributed by atoms with E-state index < -0.39 is 10.0 Å². The molecule has 1 heterocycles. The van der Waals surface area contributed by atoms with Gasteiger partial charge in [-0.05, 0) is 43.5 Å². The lowest BCUT2D eigenvalue weighted by atomic mass is 10.1. The fourth-order valence-corrected chi connectivity index (χ4v) is 3.71. The second-order valence-electron chi connectivity index (χ2n) is 5.33. The number of hydrogen-bond donors (Lipinski definition) is 2. The van der Waals surface area contributed by atoms with Gasteiger partial charge in [0.2, 0.25) is 10.0 Å². The normalized spacial score (nSPS) is 17.0. The van der Waals surface area contributed by atoms with Crippen LogP contribution in [0.4, 0.5) is 0 Å². The highest BCUT2D eigenvalue weighted by Crippen LogP contribution is 2.15. The van der Waals surface area contributed by atoms with Gasteiger partial charge in [-0.1, -0.05) is 19.1 Å². The molecule has 0 aromatic heterocycles. The molecule has 1 aliphatic heterocycles. The lowest BCUT2D eigenvalue weighted by molar-refractivity contribution is 0.0832. The summed E-state index contributed by atoms with van der Waals surface area (Å²) in [6.07, 6.45) is 2.53. The van der Waals surface area contributed by atoms with Crippen molar-refractivity contribution in [1.82, 2.24) is 10.0 Å². The van der Waals surface area contributed by atoms with Crippen LogP contribution < -0.4 is 10.0 Å². The van der Waals surface area contributed by atoms with Crippen LogP contribution in [-0.4, -0.2) is 34.2 Å². The Morgan fingerprint density at radius 3 is 2.76 bits per heavy atom. The Hall–Kier alpha value is -0.950. The summed E-state index contributed by atoms with van der Waals surface area (Å²) in [5, 5.41) is 3.28. The third-order valence-electron chi connectivity index (χ3n) is 3.51. The smallest absolute Gasteiger partial charge is 0.240 e. The highest BCUT2D eigenvalue weighted by molar-refractivity contribution is 7.89. The van der Waals surface area contributed by atoms with Crippen molar-refractivity contribution in [3.05, 3.63) is 29.8 Å². The average molecular weight is 312 g/mol. The van der Waals surface area contributed by atoms with Gasteiger partial charge in [-0.3, -0.25) is 0 Å². The van der Waals surface area contributed by atoms with Crippen molar-refractivity contribution >= 4 is 10.0 Å². The van der Waals surface area contributed by atoms with Crippen molar-refractivity contribution in [2.75, 3.05) is 19.8 Å². The molecule has 6 heteroatoms. The lowest BCUT2D eigenvalue weighted by Crippen LogP contribution is -2.38. The molecule has 0 atom stereocenters. The van der Waals surface area contributed by atoms with E-state index in [1.54, 1.807) is 18.2 Å². The van der Waals surface area contributed by atoms with Gasteiger partial charge in [0.25, 0.3) is 0 Å². The van der Waals surface area contributed by atoms with Crippen LogP contribution in [0.1, 0.15) is 31.7 Å². The van der Waals surface area contributed by atoms with Crippen molar-refractivity contribution in [2.45, 2.75) is 43.7 Å². The lowest BCUT2D eigenvalue weighted by Gasteiger charge is -2.23. The predicted octanol–water partition coefficient (Wildman–Crippen LogP) is 1.64. The first kappa shape index (κ1) is 16.4. The largest absolute Gasteiger partial charge is 0.381 e. The van der Waals surface area contributed by atoms with E-state index in [1.165, 1.54) is 0 Å². The first-order chi connectivity index (χ1) is 10.1. The van der Waals surface area contributed by atoms with Crippen LogP contribution in [-0.2, 0) is 21.3 Å². The zero-order chi connectivity index (χ0) is 15.1. The van der Waals surface area contributed by atoms with E-state index >= 15 is 0 Å². The Balaban J connectivity index is 2.02. The zero-order valence-corrected chi connectivity index (χ0v) is 13.3. The maximum atomic E-state index is 12.4. The molecule has 1 aliphatic rings. The number of hydrogen-bond acceptors (Lipinski definition) is 4.